The van der Waals surface area contributed by atoms with Gasteiger partial charge < -0.3 is 9.64 Å². The molecule has 1 atom stereocenters. The molecule has 1 aromatic heterocycles. The van der Waals surface area contributed by atoms with E-state index in [9.17, 15) is 21.6 Å². The van der Waals surface area contributed by atoms with E-state index in [1.807, 2.05) is 0 Å². The van der Waals surface area contributed by atoms with Crippen LogP contribution < -0.4 is 14.4 Å². The number of hydrogen-bond acceptors (Lipinski definition) is 7. The number of hydrogen-bond donors (Lipinski definition) is 1. The molecule has 188 valence electrons. The molecule has 0 radical (unpaired) electrons. The number of aromatic nitrogens is 1. The summed E-state index contributed by atoms with van der Waals surface area (Å²) in [5.74, 6) is -0.710. The third-order valence-corrected chi connectivity index (χ3v) is 7.98. The molecule has 0 spiro atoms. The Balaban J connectivity index is 1.47. The largest absolute Gasteiger partial charge is 0.434 e. The second kappa shape index (κ2) is 10.6. The number of nitrogens with zero attached hydrogens (tertiary/aromatic N) is 3. The van der Waals surface area contributed by atoms with Crippen molar-refractivity contribution < 1.29 is 26.3 Å². The lowest BCUT2D eigenvalue weighted by Gasteiger charge is -2.28. The summed E-state index contributed by atoms with van der Waals surface area (Å²) in [7, 11) is -2.46. The van der Waals surface area contributed by atoms with Crippen LogP contribution in [-0.2, 0) is 16.6 Å². The Bertz CT molecular complexity index is 1280. The highest BCUT2D eigenvalue weighted by Crippen LogP contribution is 2.34. The van der Waals surface area contributed by atoms with E-state index in [0.717, 1.165) is 18.6 Å². The van der Waals surface area contributed by atoms with Crippen molar-refractivity contribution in [2.45, 2.75) is 30.5 Å². The Morgan fingerprint density at radius 1 is 1.34 bits per heavy atom. The fourth-order valence-electron chi connectivity index (χ4n) is 4.00. The van der Waals surface area contributed by atoms with E-state index in [-0.39, 0.29) is 22.6 Å². The minimum Gasteiger partial charge on any atom is -0.434 e. The van der Waals surface area contributed by atoms with E-state index in [0.29, 0.717) is 30.9 Å². The zero-order chi connectivity index (χ0) is 25.2. The van der Waals surface area contributed by atoms with E-state index in [2.05, 4.69) is 19.3 Å². The van der Waals surface area contributed by atoms with Gasteiger partial charge in [-0.05, 0) is 18.6 Å². The Kier molecular flexibility index (Phi) is 7.74. The number of likely N-dealkylation sites (tertiary alicyclic amines) is 1. The molecule has 0 saturated carbocycles. The van der Waals surface area contributed by atoms with Gasteiger partial charge in [-0.3, -0.25) is 9.62 Å². The molecule has 0 bridgehead atoms. The molecule has 0 amide bonds. The van der Waals surface area contributed by atoms with Crippen molar-refractivity contribution in [2.24, 2.45) is 0 Å². The van der Waals surface area contributed by atoms with Gasteiger partial charge in [-0.15, -0.1) is 11.3 Å². The summed E-state index contributed by atoms with van der Waals surface area (Å²) in [6.07, 6.45) is 0.720. The fourth-order valence-corrected chi connectivity index (χ4v) is 6.01. The predicted molar refractivity (Wildman–Crippen MR) is 129 cm³/mol. The van der Waals surface area contributed by atoms with Gasteiger partial charge in [0.15, 0.2) is 5.82 Å². The molecule has 1 aliphatic heterocycles. The average molecular weight is 547 g/mol. The minimum atomic E-state index is -4.21. The van der Waals surface area contributed by atoms with Gasteiger partial charge in [-0.2, -0.15) is 8.78 Å². The zero-order valence-corrected chi connectivity index (χ0v) is 20.9. The molecule has 0 aliphatic carbocycles. The van der Waals surface area contributed by atoms with Crippen LogP contribution >= 0.6 is 22.9 Å². The zero-order valence-electron chi connectivity index (χ0n) is 18.5. The lowest BCUT2D eigenvalue weighted by molar-refractivity contribution is -0.0507. The van der Waals surface area contributed by atoms with Crippen LogP contribution in [-0.4, -0.2) is 51.1 Å². The normalized spacial score (nSPS) is 16.6. The summed E-state index contributed by atoms with van der Waals surface area (Å²) in [6, 6.07) is 8.77. The van der Waals surface area contributed by atoms with Gasteiger partial charge in [0, 0.05) is 49.7 Å². The van der Waals surface area contributed by atoms with Crippen molar-refractivity contribution in [1.82, 2.24) is 9.88 Å². The summed E-state index contributed by atoms with van der Waals surface area (Å²) in [5.41, 5.74) is 2.45. The Hall–Kier alpha value is -2.54. The van der Waals surface area contributed by atoms with E-state index in [1.54, 1.807) is 30.1 Å². The van der Waals surface area contributed by atoms with Gasteiger partial charge in [0.2, 0.25) is 0 Å². The first kappa shape index (κ1) is 25.5. The maximum Gasteiger partial charge on any atom is 0.387 e. The molecular weight excluding hydrogens is 525 g/mol. The van der Waals surface area contributed by atoms with Crippen molar-refractivity contribution in [3.8, 4) is 5.75 Å². The number of sulfonamides is 1. The number of ether oxygens (including phenoxy) is 1. The SMILES string of the molecule is CN(c1cc(F)c(S(=O)(=O)Nc2cscn2)cc1Cl)C1CCN(Cc2ccccc2OC(F)F)C1. The average Bonchev–Trinajstić information content (AvgIpc) is 3.47. The van der Waals surface area contributed by atoms with Crippen LogP contribution in [0.5, 0.6) is 5.75 Å². The quantitative estimate of drug-likeness (QED) is 0.405. The second-order valence-corrected chi connectivity index (χ2v) is 10.8. The monoisotopic (exact) mass is 546 g/mol. The standard InChI is InChI=1S/C22H22ClF3N4O3S2/c1-29(15-6-7-30(11-15)10-14-4-2-3-5-19(14)33-22(25)26)18-9-17(24)20(8-16(18)23)35(31,32)28-21-12-34-13-27-21/h2-5,8-9,12-13,15,22,28H,6-7,10-11H2,1H3. The van der Waals surface area contributed by atoms with Gasteiger partial charge in [-0.25, -0.2) is 17.8 Å². The molecule has 2 aromatic carbocycles. The summed E-state index contributed by atoms with van der Waals surface area (Å²) in [5, 5.41) is 1.57. The lowest BCUT2D eigenvalue weighted by atomic mass is 10.2. The van der Waals surface area contributed by atoms with Crippen LogP contribution in [0.15, 0.2) is 52.2 Å². The molecule has 13 heteroatoms. The van der Waals surface area contributed by atoms with E-state index in [1.165, 1.54) is 28.3 Å². The molecule has 7 nitrogen and oxygen atoms in total. The Morgan fingerprint density at radius 3 is 2.83 bits per heavy atom. The summed E-state index contributed by atoms with van der Waals surface area (Å²) in [4.78, 5) is 7.16. The molecule has 4 rings (SSSR count). The number of thiazole rings is 1. The van der Waals surface area contributed by atoms with Gasteiger partial charge in [0.05, 0.1) is 16.2 Å². The molecule has 1 unspecified atom stereocenters. The van der Waals surface area contributed by atoms with Gasteiger partial charge in [-0.1, -0.05) is 29.8 Å². The van der Waals surface area contributed by atoms with Crippen LogP contribution in [0.2, 0.25) is 5.02 Å². The minimum absolute atomic E-state index is 0.0503. The first-order valence-corrected chi connectivity index (χ1v) is 13.3. The topological polar surface area (TPSA) is 74.8 Å². The van der Waals surface area contributed by atoms with Crippen LogP contribution in [0, 0.1) is 5.82 Å². The molecular formula is C22H22ClF3N4O3S2. The first-order chi connectivity index (χ1) is 16.6. The van der Waals surface area contributed by atoms with Crippen molar-refractivity contribution in [3.05, 3.63) is 63.7 Å². The molecule has 35 heavy (non-hydrogen) atoms. The summed E-state index contributed by atoms with van der Waals surface area (Å²) >= 11 is 7.58. The van der Waals surface area contributed by atoms with E-state index >= 15 is 0 Å². The molecule has 1 saturated heterocycles. The number of nitrogens with one attached hydrogen (secondary N) is 1. The Labute approximate surface area is 210 Å². The van der Waals surface area contributed by atoms with Crippen molar-refractivity contribution >= 4 is 44.5 Å². The molecule has 1 N–H and O–H groups in total. The highest BCUT2D eigenvalue weighted by atomic mass is 35.5. The van der Waals surface area contributed by atoms with Crippen LogP contribution in [0.3, 0.4) is 0 Å². The molecule has 1 fully saturated rings. The number of anilines is 2. The maximum absolute atomic E-state index is 14.9. The lowest BCUT2D eigenvalue weighted by Crippen LogP contribution is -2.34. The van der Waals surface area contributed by atoms with Gasteiger partial charge >= 0.3 is 6.61 Å². The maximum atomic E-state index is 14.9. The molecule has 2 heterocycles. The number of likely N-dealkylation sites (N-methyl/N-ethyl adjacent to an activating group) is 1. The predicted octanol–water partition coefficient (Wildman–Crippen LogP) is 5.05. The third-order valence-electron chi connectivity index (χ3n) is 5.72. The number of alkyl halides is 2. The van der Waals surface area contributed by atoms with Crippen molar-refractivity contribution in [3.63, 3.8) is 0 Å². The highest BCUT2D eigenvalue weighted by molar-refractivity contribution is 7.92. The van der Waals surface area contributed by atoms with Crippen LogP contribution in [0.25, 0.3) is 0 Å². The van der Waals surface area contributed by atoms with E-state index < -0.39 is 27.3 Å². The summed E-state index contributed by atoms with van der Waals surface area (Å²) in [6.45, 7) is -1.24. The van der Waals surface area contributed by atoms with Crippen molar-refractivity contribution in [1.29, 1.82) is 0 Å². The molecule has 3 aromatic rings. The smallest absolute Gasteiger partial charge is 0.387 e. The fraction of sp³-hybridized carbons (Fsp3) is 0.318. The number of benzene rings is 2. The van der Waals surface area contributed by atoms with Gasteiger partial charge in [0.1, 0.15) is 16.5 Å². The summed E-state index contributed by atoms with van der Waals surface area (Å²) < 4.78 is 72.4. The third kappa shape index (κ3) is 6.00. The second-order valence-electron chi connectivity index (χ2n) is 7.99. The first-order valence-electron chi connectivity index (χ1n) is 10.5. The van der Waals surface area contributed by atoms with Crippen molar-refractivity contribution in [2.75, 3.05) is 29.8 Å². The van der Waals surface area contributed by atoms with Crippen LogP contribution in [0.1, 0.15) is 12.0 Å². The number of para-hydroxylation sites is 1. The van der Waals surface area contributed by atoms with E-state index in [4.69, 9.17) is 11.6 Å². The Morgan fingerprint density at radius 2 is 2.11 bits per heavy atom. The van der Waals surface area contributed by atoms with Crippen LogP contribution in [0.4, 0.5) is 24.7 Å². The number of rotatable bonds is 9. The highest BCUT2D eigenvalue weighted by Gasteiger charge is 2.29. The molecule has 1 aliphatic rings. The number of halogens is 4. The van der Waals surface area contributed by atoms with Gasteiger partial charge in [0.25, 0.3) is 10.0 Å².